The molecule has 0 fully saturated rings. The van der Waals surface area contributed by atoms with Gasteiger partial charge in [0.1, 0.15) is 5.75 Å². The van der Waals surface area contributed by atoms with E-state index in [0.29, 0.717) is 12.0 Å². The Labute approximate surface area is 132 Å². The van der Waals surface area contributed by atoms with Gasteiger partial charge in [-0.3, -0.25) is 0 Å². The van der Waals surface area contributed by atoms with Crippen molar-refractivity contribution in [1.29, 1.82) is 5.26 Å². The van der Waals surface area contributed by atoms with Crippen molar-refractivity contribution in [3.05, 3.63) is 63.6 Å². The van der Waals surface area contributed by atoms with Crippen molar-refractivity contribution in [2.24, 2.45) is 0 Å². The van der Waals surface area contributed by atoms with Crippen LogP contribution in [0.2, 0.25) is 0 Å². The summed E-state index contributed by atoms with van der Waals surface area (Å²) >= 11 is 3.45. The first-order valence-electron chi connectivity index (χ1n) is 6.52. The molecular weight excluding hydrogens is 330 g/mol. The molecule has 0 aliphatic carbocycles. The molecule has 0 saturated carbocycles. The van der Waals surface area contributed by atoms with Crippen LogP contribution in [0.1, 0.15) is 23.6 Å². The quantitative estimate of drug-likeness (QED) is 0.917. The monoisotopic (exact) mass is 345 g/mol. The molecule has 21 heavy (non-hydrogen) atoms. The molecule has 0 amide bonds. The van der Waals surface area contributed by atoms with Gasteiger partial charge in [0, 0.05) is 6.42 Å². The Balaban J connectivity index is 2.23. The maximum Gasteiger partial charge on any atom is 0.133 e. The van der Waals surface area contributed by atoms with Gasteiger partial charge in [0.05, 0.1) is 28.8 Å². The smallest absolute Gasteiger partial charge is 0.133 e. The van der Waals surface area contributed by atoms with E-state index in [0.717, 1.165) is 21.3 Å². The number of halogens is 1. The number of benzene rings is 2. The van der Waals surface area contributed by atoms with Crippen LogP contribution >= 0.6 is 15.9 Å². The summed E-state index contributed by atoms with van der Waals surface area (Å²) in [5, 5.41) is 19.5. The number of rotatable bonds is 4. The molecule has 0 bridgehead atoms. The van der Waals surface area contributed by atoms with E-state index in [1.807, 2.05) is 18.2 Å². The van der Waals surface area contributed by atoms with Gasteiger partial charge in [-0.15, -0.1) is 0 Å². The molecule has 2 aromatic rings. The molecule has 108 valence electrons. The molecule has 1 unspecified atom stereocenters. The highest BCUT2D eigenvalue weighted by Crippen LogP contribution is 2.30. The number of methoxy groups -OCH3 is 1. The summed E-state index contributed by atoms with van der Waals surface area (Å²) in [6.07, 6.45) is 0.474. The lowest BCUT2D eigenvalue weighted by atomic mass is 9.88. The summed E-state index contributed by atoms with van der Waals surface area (Å²) < 4.78 is 6.06. The van der Waals surface area contributed by atoms with Crippen molar-refractivity contribution in [3.63, 3.8) is 0 Å². The fourth-order valence-corrected chi connectivity index (χ4v) is 2.81. The van der Waals surface area contributed by atoms with Gasteiger partial charge >= 0.3 is 0 Å². The minimum absolute atomic E-state index is 0.474. The molecule has 4 heteroatoms. The molecule has 2 aromatic carbocycles. The van der Waals surface area contributed by atoms with E-state index in [9.17, 15) is 5.11 Å². The van der Waals surface area contributed by atoms with Crippen LogP contribution in [0.4, 0.5) is 0 Å². The number of nitrogens with zero attached hydrogens (tertiary/aromatic N) is 1. The van der Waals surface area contributed by atoms with Gasteiger partial charge in [0.15, 0.2) is 0 Å². The highest BCUT2D eigenvalue weighted by Gasteiger charge is 2.23. The summed E-state index contributed by atoms with van der Waals surface area (Å²) in [5.74, 6) is 0.761. The third-order valence-corrected chi connectivity index (χ3v) is 4.02. The van der Waals surface area contributed by atoms with E-state index in [-0.39, 0.29) is 0 Å². The second-order valence-electron chi connectivity index (χ2n) is 5.11. The highest BCUT2D eigenvalue weighted by atomic mass is 79.9. The summed E-state index contributed by atoms with van der Waals surface area (Å²) in [6, 6.07) is 14.8. The second kappa shape index (κ2) is 6.30. The number of hydrogen-bond acceptors (Lipinski definition) is 3. The lowest BCUT2D eigenvalue weighted by molar-refractivity contribution is 0.0576. The Hall–Kier alpha value is -1.83. The predicted molar refractivity (Wildman–Crippen MR) is 85.1 cm³/mol. The van der Waals surface area contributed by atoms with Crippen molar-refractivity contribution in [2.75, 3.05) is 7.11 Å². The summed E-state index contributed by atoms with van der Waals surface area (Å²) in [5.41, 5.74) is 1.37. The third-order valence-electron chi connectivity index (χ3n) is 3.40. The predicted octanol–water partition coefficient (Wildman–Crippen LogP) is 3.78. The molecular formula is C17H16BrNO2. The lowest BCUT2D eigenvalue weighted by Gasteiger charge is -2.24. The van der Waals surface area contributed by atoms with Gasteiger partial charge in [-0.2, -0.15) is 5.26 Å². The van der Waals surface area contributed by atoms with Crippen molar-refractivity contribution < 1.29 is 9.84 Å². The summed E-state index contributed by atoms with van der Waals surface area (Å²) in [6.45, 7) is 1.77. The molecule has 0 aliphatic heterocycles. The SMILES string of the molecule is COc1ccc(CC(C)(O)c2ccc(C#N)cc2)cc1Br. The fraction of sp³-hybridized carbons (Fsp3) is 0.235. The Morgan fingerprint density at radius 1 is 1.24 bits per heavy atom. The van der Waals surface area contributed by atoms with E-state index in [4.69, 9.17) is 10.00 Å². The van der Waals surface area contributed by atoms with Gasteiger partial charge in [-0.05, 0) is 58.2 Å². The topological polar surface area (TPSA) is 53.2 Å². The standard InChI is InChI=1S/C17H16BrNO2/c1-17(20,14-6-3-12(11-19)4-7-14)10-13-5-8-16(21-2)15(18)9-13/h3-9,20H,10H2,1-2H3. The van der Waals surface area contributed by atoms with E-state index in [1.54, 1.807) is 38.3 Å². The first-order chi connectivity index (χ1) is 9.96. The van der Waals surface area contributed by atoms with E-state index in [2.05, 4.69) is 22.0 Å². The summed E-state index contributed by atoms with van der Waals surface area (Å²) in [7, 11) is 1.62. The Morgan fingerprint density at radius 2 is 1.90 bits per heavy atom. The van der Waals surface area contributed by atoms with Gasteiger partial charge in [0.25, 0.3) is 0 Å². The molecule has 0 aliphatic rings. The van der Waals surface area contributed by atoms with Crippen LogP contribution in [0.25, 0.3) is 0 Å². The molecule has 0 heterocycles. The zero-order chi connectivity index (χ0) is 15.5. The van der Waals surface area contributed by atoms with Crippen LogP contribution < -0.4 is 4.74 Å². The van der Waals surface area contributed by atoms with Crippen LogP contribution in [-0.4, -0.2) is 12.2 Å². The molecule has 0 aromatic heterocycles. The largest absolute Gasteiger partial charge is 0.496 e. The lowest BCUT2D eigenvalue weighted by Crippen LogP contribution is -2.24. The molecule has 2 rings (SSSR count). The Kier molecular flexibility index (Phi) is 4.66. The zero-order valence-corrected chi connectivity index (χ0v) is 13.5. The van der Waals surface area contributed by atoms with E-state index >= 15 is 0 Å². The minimum Gasteiger partial charge on any atom is -0.496 e. The molecule has 0 radical (unpaired) electrons. The third kappa shape index (κ3) is 3.63. The van der Waals surface area contributed by atoms with Gasteiger partial charge in [0.2, 0.25) is 0 Å². The molecule has 1 atom stereocenters. The van der Waals surface area contributed by atoms with E-state index in [1.165, 1.54) is 0 Å². The van der Waals surface area contributed by atoms with Gasteiger partial charge in [-0.1, -0.05) is 18.2 Å². The van der Waals surface area contributed by atoms with E-state index < -0.39 is 5.60 Å². The minimum atomic E-state index is -0.998. The van der Waals surface area contributed by atoms with Crippen LogP contribution in [-0.2, 0) is 12.0 Å². The average Bonchev–Trinajstić information content (AvgIpc) is 2.47. The maximum atomic E-state index is 10.7. The second-order valence-corrected chi connectivity index (χ2v) is 5.96. The number of ether oxygens (including phenoxy) is 1. The fourth-order valence-electron chi connectivity index (χ4n) is 2.22. The van der Waals surface area contributed by atoms with Crippen LogP contribution in [0, 0.1) is 11.3 Å². The number of aliphatic hydroxyl groups is 1. The van der Waals surface area contributed by atoms with Crippen LogP contribution in [0.3, 0.4) is 0 Å². The molecule has 0 spiro atoms. The van der Waals surface area contributed by atoms with Crippen LogP contribution in [0.5, 0.6) is 5.75 Å². The first kappa shape index (κ1) is 15.6. The van der Waals surface area contributed by atoms with Crippen molar-refractivity contribution >= 4 is 15.9 Å². The Morgan fingerprint density at radius 3 is 2.43 bits per heavy atom. The van der Waals surface area contributed by atoms with Crippen molar-refractivity contribution in [2.45, 2.75) is 18.9 Å². The van der Waals surface area contributed by atoms with Crippen molar-refractivity contribution in [1.82, 2.24) is 0 Å². The molecule has 0 saturated heterocycles. The zero-order valence-electron chi connectivity index (χ0n) is 11.9. The first-order valence-corrected chi connectivity index (χ1v) is 7.31. The number of hydrogen-bond donors (Lipinski definition) is 1. The number of nitriles is 1. The average molecular weight is 346 g/mol. The molecule has 1 N–H and O–H groups in total. The van der Waals surface area contributed by atoms with Crippen molar-refractivity contribution in [3.8, 4) is 11.8 Å². The highest BCUT2D eigenvalue weighted by molar-refractivity contribution is 9.10. The van der Waals surface area contributed by atoms with Gasteiger partial charge < -0.3 is 9.84 Å². The van der Waals surface area contributed by atoms with Crippen LogP contribution in [0.15, 0.2) is 46.9 Å². The summed E-state index contributed by atoms with van der Waals surface area (Å²) in [4.78, 5) is 0. The maximum absolute atomic E-state index is 10.7. The Bertz CT molecular complexity index is 672. The molecule has 3 nitrogen and oxygen atoms in total. The van der Waals surface area contributed by atoms with Gasteiger partial charge in [-0.25, -0.2) is 0 Å². The normalized spacial score (nSPS) is 13.3.